The summed E-state index contributed by atoms with van der Waals surface area (Å²) in [5, 5.41) is 13.5. The number of piperidine rings is 1. The van der Waals surface area contributed by atoms with Crippen LogP contribution in [0.2, 0.25) is 0 Å². The predicted molar refractivity (Wildman–Crippen MR) is 89.1 cm³/mol. The van der Waals surface area contributed by atoms with Crippen LogP contribution >= 0.6 is 0 Å². The minimum atomic E-state index is -0.876. The van der Waals surface area contributed by atoms with Crippen LogP contribution in [-0.4, -0.2) is 64.7 Å². The van der Waals surface area contributed by atoms with Gasteiger partial charge in [-0.1, -0.05) is 26.7 Å². The Hall–Kier alpha value is -1.30. The Labute approximate surface area is 139 Å². The molecule has 2 heterocycles. The van der Waals surface area contributed by atoms with E-state index in [4.69, 9.17) is 0 Å². The first kappa shape index (κ1) is 18.0. The van der Waals surface area contributed by atoms with E-state index in [9.17, 15) is 14.7 Å². The van der Waals surface area contributed by atoms with Crippen molar-refractivity contribution >= 4 is 11.9 Å². The normalized spacial score (nSPS) is 22.4. The van der Waals surface area contributed by atoms with E-state index in [-0.39, 0.29) is 24.4 Å². The van der Waals surface area contributed by atoms with Crippen molar-refractivity contribution in [3.63, 3.8) is 0 Å². The van der Waals surface area contributed by atoms with E-state index in [2.05, 4.69) is 5.32 Å². The maximum Gasteiger partial charge on any atom is 0.317 e. The van der Waals surface area contributed by atoms with Gasteiger partial charge in [-0.05, 0) is 25.7 Å². The second-order valence-electron chi connectivity index (χ2n) is 6.96. The molecule has 1 unspecified atom stereocenters. The van der Waals surface area contributed by atoms with Gasteiger partial charge in [-0.15, -0.1) is 0 Å². The van der Waals surface area contributed by atoms with Crippen LogP contribution in [0.15, 0.2) is 0 Å². The molecule has 0 aromatic heterocycles. The number of nitrogens with one attached hydrogen (secondary N) is 1. The van der Waals surface area contributed by atoms with Gasteiger partial charge in [-0.25, -0.2) is 4.79 Å². The van der Waals surface area contributed by atoms with Gasteiger partial charge in [0.25, 0.3) is 0 Å². The van der Waals surface area contributed by atoms with Gasteiger partial charge >= 0.3 is 6.03 Å². The Morgan fingerprint density at radius 1 is 1.30 bits per heavy atom. The van der Waals surface area contributed by atoms with E-state index >= 15 is 0 Å². The molecule has 2 N–H and O–H groups in total. The fourth-order valence-electron chi connectivity index (χ4n) is 3.90. The summed E-state index contributed by atoms with van der Waals surface area (Å²) in [4.78, 5) is 28.2. The highest BCUT2D eigenvalue weighted by Gasteiger charge is 2.35. The Morgan fingerprint density at radius 3 is 2.57 bits per heavy atom. The van der Waals surface area contributed by atoms with Crippen LogP contribution in [0.4, 0.5) is 4.79 Å². The molecular formula is C17H31N3O3. The van der Waals surface area contributed by atoms with Gasteiger partial charge in [0.1, 0.15) is 0 Å². The van der Waals surface area contributed by atoms with Crippen LogP contribution in [0.5, 0.6) is 0 Å². The molecule has 0 saturated carbocycles. The molecule has 0 spiro atoms. The van der Waals surface area contributed by atoms with E-state index in [1.165, 1.54) is 0 Å². The lowest BCUT2D eigenvalue weighted by atomic mass is 9.88. The molecule has 132 valence electrons. The molecule has 2 saturated heterocycles. The molecule has 23 heavy (non-hydrogen) atoms. The van der Waals surface area contributed by atoms with Crippen molar-refractivity contribution < 1.29 is 14.7 Å². The topological polar surface area (TPSA) is 72.9 Å². The van der Waals surface area contributed by atoms with Crippen LogP contribution in [0, 0.1) is 0 Å². The quantitative estimate of drug-likeness (QED) is 0.748. The standard InChI is InChI=1S/C17H31N3O3/c1-3-7-17(23,8-4-2)12-15(21)19-10-5-6-14(13-19)20-11-9-18-16(20)22/h14,23H,3-13H2,1-2H3,(H,18,22). The third-order valence-corrected chi connectivity index (χ3v) is 4.99. The number of hydrogen-bond acceptors (Lipinski definition) is 3. The molecule has 0 aromatic rings. The number of nitrogens with zero attached hydrogens (tertiary/aromatic N) is 2. The van der Waals surface area contributed by atoms with Crippen LogP contribution in [0.1, 0.15) is 58.8 Å². The van der Waals surface area contributed by atoms with Crippen molar-refractivity contribution in [2.75, 3.05) is 26.2 Å². The summed E-state index contributed by atoms with van der Waals surface area (Å²) >= 11 is 0. The highest BCUT2D eigenvalue weighted by molar-refractivity contribution is 5.78. The van der Waals surface area contributed by atoms with E-state index < -0.39 is 5.60 Å². The molecular weight excluding hydrogens is 294 g/mol. The van der Waals surface area contributed by atoms with Gasteiger partial charge in [0.05, 0.1) is 18.1 Å². The molecule has 1 atom stereocenters. The molecule has 6 nitrogen and oxygen atoms in total. The summed E-state index contributed by atoms with van der Waals surface area (Å²) in [7, 11) is 0. The minimum absolute atomic E-state index is 0.0160. The summed E-state index contributed by atoms with van der Waals surface area (Å²) in [5.41, 5.74) is -0.876. The molecule has 0 radical (unpaired) electrons. The molecule has 0 aliphatic carbocycles. The second kappa shape index (κ2) is 7.99. The summed E-state index contributed by atoms with van der Waals surface area (Å²) in [5.74, 6) is 0.0266. The second-order valence-corrected chi connectivity index (χ2v) is 6.96. The summed E-state index contributed by atoms with van der Waals surface area (Å²) < 4.78 is 0. The summed E-state index contributed by atoms with van der Waals surface area (Å²) in [6.07, 6.45) is 5.15. The van der Waals surface area contributed by atoms with E-state index in [1.807, 2.05) is 23.6 Å². The zero-order valence-corrected chi connectivity index (χ0v) is 14.5. The first-order valence-corrected chi connectivity index (χ1v) is 9.03. The highest BCUT2D eigenvalue weighted by atomic mass is 16.3. The lowest BCUT2D eigenvalue weighted by molar-refractivity contribution is -0.139. The van der Waals surface area contributed by atoms with Crippen molar-refractivity contribution in [2.24, 2.45) is 0 Å². The molecule has 0 bridgehead atoms. The number of likely N-dealkylation sites (tertiary alicyclic amines) is 1. The largest absolute Gasteiger partial charge is 0.389 e. The SMILES string of the molecule is CCCC(O)(CCC)CC(=O)N1CCCC(N2CCNC2=O)C1. The maximum atomic E-state index is 12.7. The number of amides is 3. The predicted octanol–water partition coefficient (Wildman–Crippen LogP) is 1.72. The summed E-state index contributed by atoms with van der Waals surface area (Å²) in [6, 6.07) is 0.0958. The number of urea groups is 1. The van der Waals surface area contributed by atoms with Crippen molar-refractivity contribution in [1.29, 1.82) is 0 Å². The zero-order valence-electron chi connectivity index (χ0n) is 14.5. The Bertz CT molecular complexity index is 421. The van der Waals surface area contributed by atoms with Gasteiger partial charge in [0.2, 0.25) is 5.91 Å². The van der Waals surface area contributed by atoms with Gasteiger partial charge in [-0.2, -0.15) is 0 Å². The van der Waals surface area contributed by atoms with Crippen molar-refractivity contribution in [1.82, 2.24) is 15.1 Å². The molecule has 2 fully saturated rings. The van der Waals surface area contributed by atoms with Crippen LogP contribution in [0.3, 0.4) is 0 Å². The van der Waals surface area contributed by atoms with Crippen molar-refractivity contribution in [3.05, 3.63) is 0 Å². The van der Waals surface area contributed by atoms with Gasteiger partial charge < -0.3 is 20.2 Å². The number of rotatable bonds is 7. The van der Waals surface area contributed by atoms with Gasteiger partial charge in [0.15, 0.2) is 0 Å². The monoisotopic (exact) mass is 325 g/mol. The lowest BCUT2D eigenvalue weighted by Gasteiger charge is -2.38. The fourth-order valence-corrected chi connectivity index (χ4v) is 3.90. The van der Waals surface area contributed by atoms with Crippen LogP contribution in [0.25, 0.3) is 0 Å². The first-order chi connectivity index (χ1) is 11.0. The smallest absolute Gasteiger partial charge is 0.317 e. The molecule has 3 amide bonds. The maximum absolute atomic E-state index is 12.7. The molecule has 2 aliphatic rings. The molecule has 2 rings (SSSR count). The third-order valence-electron chi connectivity index (χ3n) is 4.99. The number of carbonyl (C=O) groups is 2. The van der Waals surface area contributed by atoms with Crippen LogP contribution < -0.4 is 5.32 Å². The zero-order chi connectivity index (χ0) is 16.9. The Kier molecular flexibility index (Phi) is 6.27. The first-order valence-electron chi connectivity index (χ1n) is 9.03. The Balaban J connectivity index is 1.94. The average molecular weight is 325 g/mol. The number of aliphatic hydroxyl groups is 1. The average Bonchev–Trinajstić information content (AvgIpc) is 2.94. The molecule has 2 aliphatic heterocycles. The lowest BCUT2D eigenvalue weighted by Crippen LogP contribution is -2.51. The van der Waals surface area contributed by atoms with Gasteiger partial charge in [-0.3, -0.25) is 4.79 Å². The molecule has 0 aromatic carbocycles. The minimum Gasteiger partial charge on any atom is -0.389 e. The number of hydrogen-bond donors (Lipinski definition) is 2. The van der Waals surface area contributed by atoms with Gasteiger partial charge in [0, 0.05) is 26.2 Å². The summed E-state index contributed by atoms with van der Waals surface area (Å²) in [6.45, 7) is 6.82. The number of carbonyl (C=O) groups excluding carboxylic acids is 2. The van der Waals surface area contributed by atoms with Crippen LogP contribution in [-0.2, 0) is 4.79 Å². The highest BCUT2D eigenvalue weighted by Crippen LogP contribution is 2.26. The molecule has 6 heteroatoms. The third kappa shape index (κ3) is 4.59. The van der Waals surface area contributed by atoms with E-state index in [0.717, 1.165) is 38.8 Å². The fraction of sp³-hybridized carbons (Fsp3) is 0.882. The Morgan fingerprint density at radius 2 is 2.00 bits per heavy atom. The van der Waals surface area contributed by atoms with E-state index in [1.54, 1.807) is 0 Å². The van der Waals surface area contributed by atoms with Crippen molar-refractivity contribution in [3.8, 4) is 0 Å². The van der Waals surface area contributed by atoms with Crippen molar-refractivity contribution in [2.45, 2.75) is 70.4 Å². The van der Waals surface area contributed by atoms with E-state index in [0.29, 0.717) is 25.9 Å².